The van der Waals surface area contributed by atoms with E-state index in [1.807, 2.05) is 12.1 Å². The van der Waals surface area contributed by atoms with Gasteiger partial charge in [0.2, 0.25) is 11.6 Å². The van der Waals surface area contributed by atoms with Crippen molar-refractivity contribution in [1.29, 1.82) is 0 Å². The van der Waals surface area contributed by atoms with Crippen LogP contribution in [0.4, 0.5) is 5.69 Å². The molecule has 0 unspecified atom stereocenters. The van der Waals surface area contributed by atoms with E-state index in [0.29, 0.717) is 45.9 Å². The Kier molecular flexibility index (Phi) is 6.59. The van der Waals surface area contributed by atoms with Gasteiger partial charge < -0.3 is 29.0 Å². The van der Waals surface area contributed by atoms with E-state index in [0.717, 1.165) is 0 Å². The highest BCUT2D eigenvalue weighted by molar-refractivity contribution is 6.05. The number of nitrogens with one attached hydrogen (secondary N) is 1. The monoisotopic (exact) mass is 410 g/mol. The van der Waals surface area contributed by atoms with E-state index in [1.165, 1.54) is 27.5 Å². The van der Waals surface area contributed by atoms with Gasteiger partial charge in [0.25, 0.3) is 5.91 Å². The lowest BCUT2D eigenvalue weighted by Gasteiger charge is -2.14. The van der Waals surface area contributed by atoms with Gasteiger partial charge in [-0.25, -0.2) is 4.98 Å². The highest BCUT2D eigenvalue weighted by Gasteiger charge is 2.17. The second-order valence-corrected chi connectivity index (χ2v) is 6.01. The number of nitrogens with zero attached hydrogens (tertiary/aromatic N) is 1. The lowest BCUT2D eigenvalue weighted by atomic mass is 10.1. The van der Waals surface area contributed by atoms with Crippen LogP contribution >= 0.6 is 0 Å². The molecule has 0 aliphatic heterocycles. The molecule has 1 heterocycles. The molecule has 1 amide bonds. The molecule has 0 radical (unpaired) electrons. The number of anilines is 1. The van der Waals surface area contributed by atoms with Gasteiger partial charge in [-0.3, -0.25) is 4.79 Å². The predicted molar refractivity (Wildman–Crippen MR) is 111 cm³/mol. The van der Waals surface area contributed by atoms with Crippen molar-refractivity contribution in [3.05, 3.63) is 60.3 Å². The molecule has 8 heteroatoms. The molecule has 3 aromatic rings. The molecule has 1 aromatic heterocycles. The molecule has 156 valence electrons. The maximum atomic E-state index is 12.7. The topological polar surface area (TPSA) is 88.1 Å². The van der Waals surface area contributed by atoms with Gasteiger partial charge in [-0.15, -0.1) is 0 Å². The maximum Gasteiger partial charge on any atom is 0.255 e. The number of aromatic nitrogens is 1. The van der Waals surface area contributed by atoms with Crippen molar-refractivity contribution in [2.75, 3.05) is 33.8 Å². The summed E-state index contributed by atoms with van der Waals surface area (Å²) in [5.41, 5.74) is 0.847. The molecular weight excluding hydrogens is 388 g/mol. The highest BCUT2D eigenvalue weighted by atomic mass is 16.5. The fraction of sp³-hybridized carbons (Fsp3) is 0.182. The Bertz CT molecular complexity index is 995. The Labute approximate surface area is 174 Å². The normalized spacial score (nSPS) is 10.1. The van der Waals surface area contributed by atoms with E-state index < -0.39 is 0 Å². The third-order valence-corrected chi connectivity index (χ3v) is 4.20. The highest BCUT2D eigenvalue weighted by Crippen LogP contribution is 2.38. The predicted octanol–water partition coefficient (Wildman–Crippen LogP) is 4.16. The van der Waals surface area contributed by atoms with Crippen LogP contribution < -0.4 is 29.0 Å². The zero-order chi connectivity index (χ0) is 21.5. The molecule has 0 aliphatic carbocycles. The minimum absolute atomic E-state index is 0.346. The molecule has 0 spiro atoms. The summed E-state index contributed by atoms with van der Waals surface area (Å²) in [5.74, 6) is 2.35. The number of benzene rings is 2. The second kappa shape index (κ2) is 9.51. The number of para-hydroxylation sites is 2. The first-order valence-corrected chi connectivity index (χ1v) is 8.98. The SMILES string of the molecule is COc1ccccc1Oc1ccc(NC(=O)c2cc(OC)c(OC)c(OC)c2)cn1. The molecule has 0 saturated heterocycles. The Morgan fingerprint density at radius 3 is 1.97 bits per heavy atom. The second-order valence-electron chi connectivity index (χ2n) is 6.01. The van der Waals surface area contributed by atoms with Crippen LogP contribution in [0.3, 0.4) is 0 Å². The van der Waals surface area contributed by atoms with E-state index in [2.05, 4.69) is 10.3 Å². The summed E-state index contributed by atoms with van der Waals surface area (Å²) in [6.07, 6.45) is 1.50. The van der Waals surface area contributed by atoms with Crippen molar-refractivity contribution in [3.8, 4) is 34.6 Å². The number of pyridine rings is 1. The van der Waals surface area contributed by atoms with E-state index in [4.69, 9.17) is 23.7 Å². The fourth-order valence-electron chi connectivity index (χ4n) is 2.75. The van der Waals surface area contributed by atoms with Gasteiger partial charge in [-0.1, -0.05) is 12.1 Å². The molecule has 8 nitrogen and oxygen atoms in total. The molecule has 0 aliphatic rings. The van der Waals surface area contributed by atoms with Gasteiger partial charge in [-0.05, 0) is 30.3 Å². The van der Waals surface area contributed by atoms with Crippen molar-refractivity contribution in [3.63, 3.8) is 0 Å². The molecule has 0 saturated carbocycles. The number of rotatable bonds is 8. The van der Waals surface area contributed by atoms with Gasteiger partial charge in [0, 0.05) is 11.6 Å². The average Bonchev–Trinajstić information content (AvgIpc) is 2.79. The number of methoxy groups -OCH3 is 4. The number of carbonyl (C=O) groups excluding carboxylic acids is 1. The summed E-state index contributed by atoms with van der Waals surface area (Å²) in [4.78, 5) is 16.9. The summed E-state index contributed by atoms with van der Waals surface area (Å²) < 4.78 is 26.8. The van der Waals surface area contributed by atoms with Crippen LogP contribution in [0, 0.1) is 0 Å². The lowest BCUT2D eigenvalue weighted by Crippen LogP contribution is -2.12. The molecule has 0 atom stereocenters. The number of carbonyl (C=O) groups is 1. The third kappa shape index (κ3) is 4.54. The maximum absolute atomic E-state index is 12.7. The third-order valence-electron chi connectivity index (χ3n) is 4.20. The van der Waals surface area contributed by atoms with Crippen molar-refractivity contribution in [2.45, 2.75) is 0 Å². The zero-order valence-electron chi connectivity index (χ0n) is 17.1. The van der Waals surface area contributed by atoms with Gasteiger partial charge in [0.15, 0.2) is 23.0 Å². The van der Waals surface area contributed by atoms with Crippen LogP contribution in [-0.2, 0) is 0 Å². The standard InChI is InChI=1S/C22H22N2O6/c1-26-16-7-5-6-8-17(16)30-20-10-9-15(13-23-20)24-22(25)14-11-18(27-2)21(29-4)19(12-14)28-3/h5-13H,1-4H3,(H,24,25). The summed E-state index contributed by atoms with van der Waals surface area (Å²) in [6.45, 7) is 0. The first kappa shape index (κ1) is 20.8. The van der Waals surface area contributed by atoms with Gasteiger partial charge >= 0.3 is 0 Å². The van der Waals surface area contributed by atoms with Crippen LogP contribution in [0.1, 0.15) is 10.4 Å². The number of ether oxygens (including phenoxy) is 5. The van der Waals surface area contributed by atoms with Crippen molar-refractivity contribution in [1.82, 2.24) is 4.98 Å². The van der Waals surface area contributed by atoms with Crippen LogP contribution in [0.15, 0.2) is 54.7 Å². The Hall–Kier alpha value is -3.94. The van der Waals surface area contributed by atoms with Crippen LogP contribution in [0.25, 0.3) is 0 Å². The van der Waals surface area contributed by atoms with Crippen LogP contribution in [-0.4, -0.2) is 39.3 Å². The zero-order valence-corrected chi connectivity index (χ0v) is 17.1. The quantitative estimate of drug-likeness (QED) is 0.596. The molecule has 3 rings (SSSR count). The Balaban J connectivity index is 1.75. The molecule has 30 heavy (non-hydrogen) atoms. The van der Waals surface area contributed by atoms with Crippen molar-refractivity contribution >= 4 is 11.6 Å². The van der Waals surface area contributed by atoms with E-state index >= 15 is 0 Å². The average molecular weight is 410 g/mol. The summed E-state index contributed by atoms with van der Waals surface area (Å²) in [6, 6.07) is 13.7. The first-order chi connectivity index (χ1) is 14.6. The molecular formula is C22H22N2O6. The lowest BCUT2D eigenvalue weighted by molar-refractivity contribution is 0.102. The van der Waals surface area contributed by atoms with Gasteiger partial charge in [-0.2, -0.15) is 0 Å². The molecule has 0 bridgehead atoms. The minimum atomic E-state index is -0.352. The van der Waals surface area contributed by atoms with Crippen molar-refractivity contribution in [2.24, 2.45) is 0 Å². The Morgan fingerprint density at radius 1 is 0.800 bits per heavy atom. The smallest absolute Gasteiger partial charge is 0.255 e. The number of hydrogen-bond donors (Lipinski definition) is 1. The van der Waals surface area contributed by atoms with Crippen LogP contribution in [0.2, 0.25) is 0 Å². The van der Waals surface area contributed by atoms with E-state index in [9.17, 15) is 4.79 Å². The Morgan fingerprint density at radius 2 is 1.43 bits per heavy atom. The summed E-state index contributed by atoms with van der Waals surface area (Å²) in [5, 5.41) is 2.78. The molecule has 0 fully saturated rings. The van der Waals surface area contributed by atoms with Crippen molar-refractivity contribution < 1.29 is 28.5 Å². The summed E-state index contributed by atoms with van der Waals surface area (Å²) in [7, 11) is 6.05. The minimum Gasteiger partial charge on any atom is -0.493 e. The van der Waals surface area contributed by atoms with Gasteiger partial charge in [0.1, 0.15) is 0 Å². The van der Waals surface area contributed by atoms with Crippen LogP contribution in [0.5, 0.6) is 34.6 Å². The van der Waals surface area contributed by atoms with E-state index in [-0.39, 0.29) is 5.91 Å². The molecule has 1 N–H and O–H groups in total. The first-order valence-electron chi connectivity index (χ1n) is 8.98. The van der Waals surface area contributed by atoms with E-state index in [1.54, 1.807) is 43.5 Å². The summed E-state index contributed by atoms with van der Waals surface area (Å²) >= 11 is 0. The fourth-order valence-corrected chi connectivity index (χ4v) is 2.75. The number of hydrogen-bond acceptors (Lipinski definition) is 7. The number of amides is 1. The van der Waals surface area contributed by atoms with Gasteiger partial charge in [0.05, 0.1) is 40.3 Å². The largest absolute Gasteiger partial charge is 0.493 e. The molecule has 2 aromatic carbocycles.